The van der Waals surface area contributed by atoms with Gasteiger partial charge in [-0.15, -0.1) is 0 Å². The SMILES string of the molecule is Nc1cc(CO)nc2ccc(NC(=O)C=Cc3ccc(C(F)(F)F)cc3)cc12. The fourth-order valence-electron chi connectivity index (χ4n) is 2.61. The van der Waals surface area contributed by atoms with Crippen LogP contribution in [0, 0.1) is 0 Å². The lowest BCUT2D eigenvalue weighted by Gasteiger charge is -2.08. The number of fused-ring (bicyclic) bond motifs is 1. The molecule has 1 amide bonds. The predicted octanol–water partition coefficient (Wildman–Crippen LogP) is 3.98. The molecule has 0 saturated heterocycles. The van der Waals surface area contributed by atoms with Crippen molar-refractivity contribution in [3.05, 3.63) is 71.4 Å². The van der Waals surface area contributed by atoms with Crippen LogP contribution in [0.15, 0.2) is 54.6 Å². The lowest BCUT2D eigenvalue weighted by atomic mass is 10.1. The van der Waals surface area contributed by atoms with Gasteiger partial charge in [0.2, 0.25) is 5.91 Å². The van der Waals surface area contributed by atoms with Crippen LogP contribution < -0.4 is 11.1 Å². The van der Waals surface area contributed by atoms with Gasteiger partial charge in [0.1, 0.15) is 0 Å². The van der Waals surface area contributed by atoms with Crippen LogP contribution in [0.25, 0.3) is 17.0 Å². The minimum atomic E-state index is -4.40. The van der Waals surface area contributed by atoms with Gasteiger partial charge in [-0.2, -0.15) is 13.2 Å². The van der Waals surface area contributed by atoms with Crippen molar-refractivity contribution in [2.45, 2.75) is 12.8 Å². The van der Waals surface area contributed by atoms with Crippen molar-refractivity contribution in [1.82, 2.24) is 4.98 Å². The zero-order valence-electron chi connectivity index (χ0n) is 14.5. The number of hydrogen-bond donors (Lipinski definition) is 3. The molecule has 4 N–H and O–H groups in total. The number of halogens is 3. The lowest BCUT2D eigenvalue weighted by Crippen LogP contribution is -2.08. The number of nitrogens with two attached hydrogens (primary N) is 1. The molecule has 28 heavy (non-hydrogen) atoms. The standard InChI is InChI=1S/C20H16F3N3O2/c21-20(22,23)13-4-1-12(2-5-13)3-8-19(28)26-14-6-7-18-16(9-14)17(24)10-15(11-27)25-18/h1-10,27H,11H2,(H2,24,25)(H,26,28). The summed E-state index contributed by atoms with van der Waals surface area (Å²) in [7, 11) is 0. The first kappa shape index (κ1) is 19.4. The summed E-state index contributed by atoms with van der Waals surface area (Å²) in [6, 6.07) is 11.0. The number of pyridine rings is 1. The van der Waals surface area contributed by atoms with Crippen LogP contribution >= 0.6 is 0 Å². The first-order chi connectivity index (χ1) is 13.3. The van der Waals surface area contributed by atoms with Crippen molar-refractivity contribution in [1.29, 1.82) is 0 Å². The van der Waals surface area contributed by atoms with Crippen LogP contribution in [0.2, 0.25) is 0 Å². The van der Waals surface area contributed by atoms with Gasteiger partial charge in [-0.3, -0.25) is 9.78 Å². The number of nitrogens with one attached hydrogen (secondary N) is 1. The fraction of sp³-hybridized carbons (Fsp3) is 0.100. The number of aromatic nitrogens is 1. The summed E-state index contributed by atoms with van der Waals surface area (Å²) in [4.78, 5) is 16.3. The third-order valence-electron chi connectivity index (χ3n) is 3.99. The Morgan fingerprint density at radius 2 is 1.86 bits per heavy atom. The zero-order valence-corrected chi connectivity index (χ0v) is 14.5. The Hall–Kier alpha value is -3.39. The van der Waals surface area contributed by atoms with E-state index in [4.69, 9.17) is 10.8 Å². The van der Waals surface area contributed by atoms with Crippen LogP contribution in [-0.2, 0) is 17.6 Å². The first-order valence-corrected chi connectivity index (χ1v) is 8.22. The first-order valence-electron chi connectivity index (χ1n) is 8.22. The number of carbonyl (C=O) groups excluding carboxylic acids is 1. The van der Waals surface area contributed by atoms with Crippen LogP contribution in [0.1, 0.15) is 16.8 Å². The van der Waals surface area contributed by atoms with Crippen molar-refractivity contribution in [2.24, 2.45) is 0 Å². The van der Waals surface area contributed by atoms with Crippen LogP contribution in [-0.4, -0.2) is 16.0 Å². The number of aliphatic hydroxyl groups excluding tert-OH is 1. The number of nitrogens with zero attached hydrogens (tertiary/aromatic N) is 1. The second-order valence-electron chi connectivity index (χ2n) is 6.04. The van der Waals surface area contributed by atoms with Crippen LogP contribution in [0.3, 0.4) is 0 Å². The second-order valence-corrected chi connectivity index (χ2v) is 6.04. The Labute approximate surface area is 158 Å². The van der Waals surface area contributed by atoms with E-state index in [0.717, 1.165) is 12.1 Å². The van der Waals surface area contributed by atoms with Crippen molar-refractivity contribution in [3.8, 4) is 0 Å². The van der Waals surface area contributed by atoms with Gasteiger partial charge < -0.3 is 16.2 Å². The average Bonchev–Trinajstić information content (AvgIpc) is 2.66. The smallest absolute Gasteiger partial charge is 0.398 e. The predicted molar refractivity (Wildman–Crippen MR) is 101 cm³/mol. The molecule has 0 spiro atoms. The summed E-state index contributed by atoms with van der Waals surface area (Å²) in [6.45, 7) is -0.229. The van der Waals surface area contributed by atoms with Crippen molar-refractivity contribution in [2.75, 3.05) is 11.1 Å². The van der Waals surface area contributed by atoms with E-state index in [0.29, 0.717) is 33.5 Å². The molecule has 144 valence electrons. The number of anilines is 2. The van der Waals surface area contributed by atoms with Gasteiger partial charge in [-0.05, 0) is 48.0 Å². The number of benzene rings is 2. The Kier molecular flexibility index (Phi) is 5.32. The molecule has 0 saturated carbocycles. The lowest BCUT2D eigenvalue weighted by molar-refractivity contribution is -0.137. The van der Waals surface area contributed by atoms with Gasteiger partial charge in [-0.25, -0.2) is 0 Å². The van der Waals surface area contributed by atoms with Gasteiger partial charge in [-0.1, -0.05) is 12.1 Å². The molecule has 5 nitrogen and oxygen atoms in total. The van der Waals surface area contributed by atoms with Crippen LogP contribution in [0.5, 0.6) is 0 Å². The quantitative estimate of drug-likeness (QED) is 0.591. The van der Waals surface area contributed by atoms with Gasteiger partial charge in [0.05, 0.1) is 23.4 Å². The maximum absolute atomic E-state index is 12.5. The highest BCUT2D eigenvalue weighted by Gasteiger charge is 2.29. The van der Waals surface area contributed by atoms with Crippen molar-refractivity contribution < 1.29 is 23.1 Å². The molecular formula is C20H16F3N3O2. The Bertz CT molecular complexity index is 1040. The highest BCUT2D eigenvalue weighted by atomic mass is 19.4. The van der Waals surface area contributed by atoms with Crippen molar-refractivity contribution >= 4 is 34.3 Å². The third kappa shape index (κ3) is 4.47. The number of carbonyl (C=O) groups is 1. The molecule has 0 bridgehead atoms. The maximum atomic E-state index is 12.5. The van der Waals surface area contributed by atoms with Gasteiger partial charge in [0.15, 0.2) is 0 Å². The Morgan fingerprint density at radius 1 is 1.14 bits per heavy atom. The van der Waals surface area contributed by atoms with E-state index >= 15 is 0 Å². The van der Waals surface area contributed by atoms with Crippen LogP contribution in [0.4, 0.5) is 24.5 Å². The summed E-state index contributed by atoms with van der Waals surface area (Å²) in [6.07, 6.45) is -1.76. The number of alkyl halides is 3. The number of hydrogen-bond acceptors (Lipinski definition) is 4. The highest BCUT2D eigenvalue weighted by molar-refractivity contribution is 6.03. The molecule has 1 heterocycles. The molecule has 0 aliphatic heterocycles. The number of rotatable bonds is 4. The van der Waals surface area contributed by atoms with E-state index in [9.17, 15) is 18.0 Å². The molecule has 0 aliphatic rings. The third-order valence-corrected chi connectivity index (χ3v) is 3.99. The number of amides is 1. The summed E-state index contributed by atoms with van der Waals surface area (Å²) in [5.74, 6) is -0.447. The largest absolute Gasteiger partial charge is 0.416 e. The van der Waals surface area contributed by atoms with E-state index in [1.165, 1.54) is 24.3 Å². The molecule has 3 aromatic rings. The molecule has 0 fully saturated rings. The summed E-state index contributed by atoms with van der Waals surface area (Å²) in [5.41, 5.74) is 7.61. The maximum Gasteiger partial charge on any atom is 0.416 e. The minimum absolute atomic E-state index is 0.229. The highest BCUT2D eigenvalue weighted by Crippen LogP contribution is 2.29. The van der Waals surface area contributed by atoms with E-state index in [2.05, 4.69) is 10.3 Å². The number of nitrogen functional groups attached to an aromatic ring is 1. The fourth-order valence-corrected chi connectivity index (χ4v) is 2.61. The van der Waals surface area contributed by atoms with E-state index in [-0.39, 0.29) is 6.61 Å². The molecule has 0 unspecified atom stereocenters. The molecule has 2 aromatic carbocycles. The second kappa shape index (κ2) is 7.69. The summed E-state index contributed by atoms with van der Waals surface area (Å²) in [5, 5.41) is 12.4. The molecule has 8 heteroatoms. The Balaban J connectivity index is 1.72. The molecule has 3 rings (SSSR count). The molecule has 0 radical (unpaired) electrons. The zero-order chi connectivity index (χ0) is 20.3. The van der Waals surface area contributed by atoms with E-state index in [1.807, 2.05) is 0 Å². The van der Waals surface area contributed by atoms with Gasteiger partial charge in [0.25, 0.3) is 0 Å². The normalized spacial score (nSPS) is 11.9. The summed E-state index contributed by atoms with van der Waals surface area (Å²) < 4.78 is 37.6. The summed E-state index contributed by atoms with van der Waals surface area (Å²) >= 11 is 0. The number of aliphatic hydroxyl groups is 1. The molecule has 0 aliphatic carbocycles. The average molecular weight is 387 g/mol. The van der Waals surface area contributed by atoms with Crippen molar-refractivity contribution in [3.63, 3.8) is 0 Å². The van der Waals surface area contributed by atoms with Gasteiger partial charge >= 0.3 is 6.18 Å². The molecule has 0 atom stereocenters. The van der Waals surface area contributed by atoms with Gasteiger partial charge in [0, 0.05) is 22.8 Å². The Morgan fingerprint density at radius 3 is 2.50 bits per heavy atom. The minimum Gasteiger partial charge on any atom is -0.398 e. The monoisotopic (exact) mass is 387 g/mol. The molecule has 1 aromatic heterocycles. The van der Waals surface area contributed by atoms with E-state index < -0.39 is 17.6 Å². The van der Waals surface area contributed by atoms with E-state index in [1.54, 1.807) is 24.3 Å². The molecular weight excluding hydrogens is 371 g/mol. The topological polar surface area (TPSA) is 88.2 Å².